The second-order valence-corrected chi connectivity index (χ2v) is 9.08. The fourth-order valence-electron chi connectivity index (χ4n) is 4.47. The fraction of sp³-hybridized carbons (Fsp3) is 0.276. The number of benzene rings is 3. The molecule has 0 radical (unpaired) electrons. The zero-order chi connectivity index (χ0) is 22.1. The summed E-state index contributed by atoms with van der Waals surface area (Å²) in [4.78, 5) is 0. The first kappa shape index (κ1) is 21.1. The molecule has 31 heavy (non-hydrogen) atoms. The van der Waals surface area contributed by atoms with Gasteiger partial charge in [-0.1, -0.05) is 88.4 Å². The lowest BCUT2D eigenvalue weighted by atomic mass is 9.84. The first-order valence-corrected chi connectivity index (χ1v) is 11.3. The molecule has 0 aliphatic heterocycles. The summed E-state index contributed by atoms with van der Waals surface area (Å²) in [5.74, 6) is 0.836. The Bertz CT molecular complexity index is 1170. The lowest BCUT2D eigenvalue weighted by Gasteiger charge is -2.22. The van der Waals surface area contributed by atoms with Crippen LogP contribution in [0, 0.1) is 6.92 Å². The Morgan fingerprint density at radius 2 is 1.29 bits per heavy atom. The molecule has 0 N–H and O–H groups in total. The third kappa shape index (κ3) is 3.95. The SMILES string of the molecule is Cc1ccccc1-n1c(-c2c(C(C)C)cc(-c3ccccc3)cc2C(C)C)cc[n+]1C. The second kappa shape index (κ2) is 8.55. The highest BCUT2D eigenvalue weighted by atomic mass is 15.4. The van der Waals surface area contributed by atoms with E-state index in [1.807, 2.05) is 0 Å². The molecule has 0 spiro atoms. The molecular formula is C29H33N2+. The Morgan fingerprint density at radius 3 is 1.87 bits per heavy atom. The summed E-state index contributed by atoms with van der Waals surface area (Å²) in [6.45, 7) is 11.4. The van der Waals surface area contributed by atoms with Crippen LogP contribution in [0.1, 0.15) is 56.2 Å². The molecule has 0 unspecified atom stereocenters. The molecule has 0 atom stereocenters. The van der Waals surface area contributed by atoms with Crippen molar-refractivity contribution in [3.8, 4) is 28.1 Å². The number of aromatic nitrogens is 2. The average molecular weight is 410 g/mol. The van der Waals surface area contributed by atoms with Gasteiger partial charge in [0.2, 0.25) is 0 Å². The Hall–Kier alpha value is -3.13. The van der Waals surface area contributed by atoms with Crippen LogP contribution >= 0.6 is 0 Å². The predicted molar refractivity (Wildman–Crippen MR) is 131 cm³/mol. The van der Waals surface area contributed by atoms with Gasteiger partial charge in [0, 0.05) is 11.6 Å². The van der Waals surface area contributed by atoms with Gasteiger partial charge < -0.3 is 0 Å². The summed E-state index contributed by atoms with van der Waals surface area (Å²) in [7, 11) is 2.12. The Labute approximate surface area is 186 Å². The Balaban J connectivity index is 2.04. The summed E-state index contributed by atoms with van der Waals surface area (Å²) < 4.78 is 4.54. The van der Waals surface area contributed by atoms with Crippen molar-refractivity contribution in [1.29, 1.82) is 0 Å². The molecule has 3 aromatic carbocycles. The standard InChI is InChI=1S/C29H33N2/c1-20(2)25-18-24(23-13-8-7-9-14-23)19-26(21(3)4)29(25)28-16-17-30(6)31(28)27-15-11-10-12-22(27)5/h7-21H,1-6H3/q+1. The maximum absolute atomic E-state index is 2.40. The highest BCUT2D eigenvalue weighted by Crippen LogP contribution is 2.40. The van der Waals surface area contributed by atoms with Crippen LogP contribution in [0.5, 0.6) is 0 Å². The lowest BCUT2D eigenvalue weighted by Crippen LogP contribution is -2.37. The third-order valence-electron chi connectivity index (χ3n) is 6.14. The third-order valence-corrected chi connectivity index (χ3v) is 6.14. The van der Waals surface area contributed by atoms with Gasteiger partial charge in [0.1, 0.15) is 11.4 Å². The Morgan fingerprint density at radius 1 is 0.710 bits per heavy atom. The molecule has 2 nitrogen and oxygen atoms in total. The maximum atomic E-state index is 2.40. The molecular weight excluding hydrogens is 376 g/mol. The second-order valence-electron chi connectivity index (χ2n) is 9.08. The van der Waals surface area contributed by atoms with Crippen molar-refractivity contribution in [3.63, 3.8) is 0 Å². The van der Waals surface area contributed by atoms with Crippen LogP contribution in [0.4, 0.5) is 0 Å². The highest BCUT2D eigenvalue weighted by Gasteiger charge is 2.25. The zero-order valence-corrected chi connectivity index (χ0v) is 19.6. The van der Waals surface area contributed by atoms with Crippen LogP contribution in [-0.4, -0.2) is 4.68 Å². The molecule has 0 aliphatic rings. The van der Waals surface area contributed by atoms with Crippen LogP contribution in [0.25, 0.3) is 28.1 Å². The molecule has 4 aromatic rings. The van der Waals surface area contributed by atoms with E-state index >= 15 is 0 Å². The number of hydrogen-bond acceptors (Lipinski definition) is 0. The molecule has 0 fully saturated rings. The van der Waals surface area contributed by atoms with Gasteiger partial charge in [-0.25, -0.2) is 0 Å². The monoisotopic (exact) mass is 409 g/mol. The number of aryl methyl sites for hydroxylation is 2. The molecule has 0 saturated carbocycles. The van der Waals surface area contributed by atoms with Gasteiger partial charge >= 0.3 is 0 Å². The van der Waals surface area contributed by atoms with Gasteiger partial charge in [-0.05, 0) is 52.6 Å². The smallest absolute Gasteiger partial charge is 0.120 e. The van der Waals surface area contributed by atoms with Crippen molar-refractivity contribution in [2.45, 2.75) is 46.5 Å². The van der Waals surface area contributed by atoms with E-state index in [0.717, 1.165) is 0 Å². The minimum atomic E-state index is 0.418. The molecule has 1 aromatic heterocycles. The molecule has 0 aliphatic carbocycles. The maximum Gasteiger partial charge on any atom is 0.196 e. The van der Waals surface area contributed by atoms with Gasteiger partial charge in [-0.3, -0.25) is 0 Å². The van der Waals surface area contributed by atoms with E-state index in [9.17, 15) is 0 Å². The molecule has 4 rings (SSSR count). The minimum absolute atomic E-state index is 0.418. The quantitative estimate of drug-likeness (QED) is 0.308. The molecule has 0 amide bonds. The van der Waals surface area contributed by atoms with Gasteiger partial charge in [-0.2, -0.15) is 0 Å². The first-order chi connectivity index (χ1) is 14.9. The summed E-state index contributed by atoms with van der Waals surface area (Å²) in [6.07, 6.45) is 2.17. The van der Waals surface area contributed by atoms with Gasteiger partial charge in [-0.15, -0.1) is 9.36 Å². The molecule has 158 valence electrons. The molecule has 0 saturated heterocycles. The molecule has 1 heterocycles. The van der Waals surface area contributed by atoms with Gasteiger partial charge in [0.05, 0.1) is 0 Å². The van der Waals surface area contributed by atoms with Crippen molar-refractivity contribution in [2.75, 3.05) is 0 Å². The Kier molecular flexibility index (Phi) is 5.82. The number of rotatable bonds is 5. The predicted octanol–water partition coefficient (Wildman–Crippen LogP) is 7.19. The van der Waals surface area contributed by atoms with E-state index in [2.05, 4.69) is 130 Å². The number of hydrogen-bond donors (Lipinski definition) is 0. The largest absolute Gasteiger partial charge is 0.196 e. The van der Waals surface area contributed by atoms with Crippen LogP contribution in [0.15, 0.2) is 79.0 Å². The van der Waals surface area contributed by atoms with E-state index in [1.54, 1.807) is 0 Å². The molecule has 0 bridgehead atoms. The van der Waals surface area contributed by atoms with Crippen LogP contribution < -0.4 is 4.68 Å². The van der Waals surface area contributed by atoms with Crippen molar-refractivity contribution in [3.05, 3.63) is 95.7 Å². The fourth-order valence-corrected chi connectivity index (χ4v) is 4.47. The number of nitrogens with zero attached hydrogens (tertiary/aromatic N) is 2. The van der Waals surface area contributed by atoms with Crippen molar-refractivity contribution in [2.24, 2.45) is 7.05 Å². The molecule has 2 heteroatoms. The van der Waals surface area contributed by atoms with E-state index in [4.69, 9.17) is 0 Å². The van der Waals surface area contributed by atoms with Gasteiger partial charge in [0.15, 0.2) is 13.2 Å². The summed E-state index contributed by atoms with van der Waals surface area (Å²) in [6, 6.07) is 26.4. The van der Waals surface area contributed by atoms with Crippen molar-refractivity contribution >= 4 is 0 Å². The van der Waals surface area contributed by atoms with Gasteiger partial charge in [0.25, 0.3) is 0 Å². The summed E-state index contributed by atoms with van der Waals surface area (Å²) >= 11 is 0. The highest BCUT2D eigenvalue weighted by molar-refractivity contribution is 5.77. The average Bonchev–Trinajstić information content (AvgIpc) is 3.14. The van der Waals surface area contributed by atoms with Crippen LogP contribution in [0.3, 0.4) is 0 Å². The topological polar surface area (TPSA) is 8.81 Å². The van der Waals surface area contributed by atoms with E-state index in [-0.39, 0.29) is 0 Å². The lowest BCUT2D eigenvalue weighted by molar-refractivity contribution is -0.743. The zero-order valence-electron chi connectivity index (χ0n) is 19.6. The summed E-state index contributed by atoms with van der Waals surface area (Å²) in [5.41, 5.74) is 10.5. The van der Waals surface area contributed by atoms with Crippen LogP contribution in [-0.2, 0) is 7.05 Å². The normalized spacial score (nSPS) is 11.5. The van der Waals surface area contributed by atoms with Crippen molar-refractivity contribution in [1.82, 2.24) is 4.68 Å². The van der Waals surface area contributed by atoms with Crippen molar-refractivity contribution < 1.29 is 4.68 Å². The summed E-state index contributed by atoms with van der Waals surface area (Å²) in [5, 5.41) is 0. The first-order valence-electron chi connectivity index (χ1n) is 11.3. The number of para-hydroxylation sites is 1. The van der Waals surface area contributed by atoms with E-state index in [0.29, 0.717) is 11.8 Å². The van der Waals surface area contributed by atoms with E-state index in [1.165, 1.54) is 44.8 Å². The van der Waals surface area contributed by atoms with E-state index < -0.39 is 0 Å². The minimum Gasteiger partial charge on any atom is -0.120 e. The van der Waals surface area contributed by atoms with Crippen LogP contribution in [0.2, 0.25) is 0 Å².